The molecular formula is C18H18Cl2N2O4S. The molecule has 1 aliphatic rings. The van der Waals surface area contributed by atoms with Crippen molar-refractivity contribution in [2.75, 3.05) is 13.2 Å². The van der Waals surface area contributed by atoms with Crippen molar-refractivity contribution in [3.63, 3.8) is 0 Å². The molecule has 0 unspecified atom stereocenters. The second-order valence-corrected chi connectivity index (χ2v) is 8.57. The van der Waals surface area contributed by atoms with Gasteiger partial charge in [0.05, 0.1) is 22.2 Å². The van der Waals surface area contributed by atoms with E-state index < -0.39 is 15.9 Å². The van der Waals surface area contributed by atoms with Crippen LogP contribution in [0.15, 0.2) is 47.4 Å². The molecule has 3 rings (SSSR count). The first-order valence-electron chi connectivity index (χ1n) is 8.34. The molecule has 144 valence electrons. The lowest BCUT2D eigenvalue weighted by molar-refractivity contribution is 0.0947. The van der Waals surface area contributed by atoms with Gasteiger partial charge >= 0.3 is 0 Å². The Morgan fingerprint density at radius 2 is 1.81 bits per heavy atom. The number of amides is 1. The second kappa shape index (κ2) is 8.48. The third kappa shape index (κ3) is 5.35. The molecule has 0 bridgehead atoms. The monoisotopic (exact) mass is 428 g/mol. The Hall–Kier alpha value is -1.80. The Labute approximate surface area is 167 Å². The van der Waals surface area contributed by atoms with E-state index in [0.717, 1.165) is 12.8 Å². The molecule has 0 saturated heterocycles. The SMILES string of the molecule is O=C(NCCOc1ccccc1)c1cc(S(=O)(=O)NC2CC2)c(Cl)cc1Cl. The molecule has 0 atom stereocenters. The number of hydrogen-bond acceptors (Lipinski definition) is 4. The average molecular weight is 429 g/mol. The maximum Gasteiger partial charge on any atom is 0.252 e. The van der Waals surface area contributed by atoms with Gasteiger partial charge in [0.15, 0.2) is 0 Å². The molecule has 0 aliphatic heterocycles. The number of sulfonamides is 1. The Morgan fingerprint density at radius 1 is 1.11 bits per heavy atom. The van der Waals surface area contributed by atoms with Crippen molar-refractivity contribution in [2.45, 2.75) is 23.8 Å². The highest BCUT2D eigenvalue weighted by Gasteiger charge is 2.30. The highest BCUT2D eigenvalue weighted by molar-refractivity contribution is 7.89. The lowest BCUT2D eigenvalue weighted by Crippen LogP contribution is -2.29. The van der Waals surface area contributed by atoms with Crippen LogP contribution >= 0.6 is 23.2 Å². The molecule has 2 aromatic rings. The van der Waals surface area contributed by atoms with Crippen molar-refractivity contribution in [1.29, 1.82) is 0 Å². The van der Waals surface area contributed by atoms with Gasteiger partial charge in [-0.15, -0.1) is 0 Å². The first-order chi connectivity index (χ1) is 12.9. The minimum atomic E-state index is -3.81. The summed E-state index contributed by atoms with van der Waals surface area (Å²) in [7, 11) is -3.81. The van der Waals surface area contributed by atoms with Crippen LogP contribution in [-0.2, 0) is 10.0 Å². The third-order valence-electron chi connectivity index (χ3n) is 3.85. The van der Waals surface area contributed by atoms with Crippen molar-refractivity contribution >= 4 is 39.1 Å². The van der Waals surface area contributed by atoms with Crippen molar-refractivity contribution < 1.29 is 17.9 Å². The largest absolute Gasteiger partial charge is 0.492 e. The summed E-state index contributed by atoms with van der Waals surface area (Å²) in [4.78, 5) is 12.2. The van der Waals surface area contributed by atoms with Gasteiger partial charge in [0.1, 0.15) is 17.3 Å². The quantitative estimate of drug-likeness (QED) is 0.631. The summed E-state index contributed by atoms with van der Waals surface area (Å²) < 4.78 is 32.9. The molecule has 0 spiro atoms. The van der Waals surface area contributed by atoms with Crippen LogP contribution in [0, 0.1) is 0 Å². The maximum absolute atomic E-state index is 12.4. The van der Waals surface area contributed by atoms with Gasteiger partial charge in [-0.2, -0.15) is 0 Å². The fourth-order valence-corrected chi connectivity index (χ4v) is 4.50. The number of hydrogen-bond donors (Lipinski definition) is 2. The molecule has 1 aliphatic carbocycles. The molecule has 0 heterocycles. The van der Waals surface area contributed by atoms with Crippen LogP contribution in [0.4, 0.5) is 0 Å². The number of halogens is 2. The topological polar surface area (TPSA) is 84.5 Å². The average Bonchev–Trinajstić information content (AvgIpc) is 3.42. The van der Waals surface area contributed by atoms with E-state index in [1.165, 1.54) is 12.1 Å². The maximum atomic E-state index is 12.4. The smallest absolute Gasteiger partial charge is 0.252 e. The molecule has 0 aromatic heterocycles. The summed E-state index contributed by atoms with van der Waals surface area (Å²) in [6.45, 7) is 0.491. The van der Waals surface area contributed by atoms with Gasteiger partial charge < -0.3 is 10.1 Å². The summed E-state index contributed by atoms with van der Waals surface area (Å²) in [5.41, 5.74) is 0.0388. The number of carbonyl (C=O) groups is 1. The fourth-order valence-electron chi connectivity index (χ4n) is 2.34. The Morgan fingerprint density at radius 3 is 2.48 bits per heavy atom. The van der Waals surface area contributed by atoms with E-state index in [4.69, 9.17) is 27.9 Å². The number of nitrogens with one attached hydrogen (secondary N) is 2. The van der Waals surface area contributed by atoms with Gasteiger partial charge in [-0.25, -0.2) is 13.1 Å². The van der Waals surface area contributed by atoms with Crippen LogP contribution in [0.25, 0.3) is 0 Å². The number of carbonyl (C=O) groups excluding carboxylic acids is 1. The highest BCUT2D eigenvalue weighted by atomic mass is 35.5. The Kier molecular flexibility index (Phi) is 6.26. The van der Waals surface area contributed by atoms with Crippen LogP contribution in [-0.4, -0.2) is 33.5 Å². The fraction of sp³-hybridized carbons (Fsp3) is 0.278. The molecule has 6 nitrogen and oxygen atoms in total. The van der Waals surface area contributed by atoms with Crippen LogP contribution in [0.3, 0.4) is 0 Å². The standard InChI is InChI=1S/C18H18Cl2N2O4S/c19-15-11-16(20)17(27(24,25)22-12-6-7-12)10-14(15)18(23)21-8-9-26-13-4-2-1-3-5-13/h1-5,10-12,22H,6-9H2,(H,21,23). The van der Waals surface area contributed by atoms with Gasteiger partial charge in [-0.05, 0) is 37.1 Å². The van der Waals surface area contributed by atoms with E-state index in [9.17, 15) is 13.2 Å². The Bertz CT molecular complexity index is 932. The van der Waals surface area contributed by atoms with Crippen molar-refractivity contribution in [1.82, 2.24) is 10.0 Å². The third-order valence-corrected chi connectivity index (χ3v) is 6.15. The summed E-state index contributed by atoms with van der Waals surface area (Å²) in [6.07, 6.45) is 1.58. The van der Waals surface area contributed by atoms with Crippen molar-refractivity contribution in [3.8, 4) is 5.75 Å². The van der Waals surface area contributed by atoms with Gasteiger partial charge in [0, 0.05) is 6.04 Å². The molecule has 27 heavy (non-hydrogen) atoms. The normalized spacial score (nSPS) is 14.0. The first-order valence-corrected chi connectivity index (χ1v) is 10.6. The van der Waals surface area contributed by atoms with Gasteiger partial charge in [-0.1, -0.05) is 41.4 Å². The van der Waals surface area contributed by atoms with Crippen LogP contribution in [0.5, 0.6) is 5.75 Å². The molecule has 0 radical (unpaired) electrons. The van der Waals surface area contributed by atoms with Gasteiger partial charge in [0.2, 0.25) is 10.0 Å². The summed E-state index contributed by atoms with van der Waals surface area (Å²) in [6, 6.07) is 11.6. The molecule has 1 fully saturated rings. The highest BCUT2D eigenvalue weighted by Crippen LogP contribution is 2.30. The lowest BCUT2D eigenvalue weighted by Gasteiger charge is -2.12. The predicted octanol–water partition coefficient (Wildman–Crippen LogP) is 3.24. The van der Waals surface area contributed by atoms with Crippen LogP contribution in [0.1, 0.15) is 23.2 Å². The molecule has 9 heteroatoms. The first kappa shape index (κ1) is 19.9. The zero-order valence-electron chi connectivity index (χ0n) is 14.2. The van der Waals surface area contributed by atoms with Gasteiger partial charge in [-0.3, -0.25) is 4.79 Å². The molecule has 1 saturated carbocycles. The van der Waals surface area contributed by atoms with Gasteiger partial charge in [0.25, 0.3) is 5.91 Å². The lowest BCUT2D eigenvalue weighted by atomic mass is 10.2. The number of para-hydroxylation sites is 1. The van der Waals surface area contributed by atoms with Crippen LogP contribution < -0.4 is 14.8 Å². The van der Waals surface area contributed by atoms with E-state index in [2.05, 4.69) is 10.0 Å². The van der Waals surface area contributed by atoms with E-state index in [1.54, 1.807) is 0 Å². The zero-order chi connectivity index (χ0) is 19.4. The van der Waals surface area contributed by atoms with E-state index in [1.807, 2.05) is 30.3 Å². The minimum Gasteiger partial charge on any atom is -0.492 e. The molecular weight excluding hydrogens is 411 g/mol. The van der Waals surface area contributed by atoms with E-state index in [-0.39, 0.29) is 39.7 Å². The van der Waals surface area contributed by atoms with Crippen LogP contribution in [0.2, 0.25) is 10.0 Å². The summed E-state index contributed by atoms with van der Waals surface area (Å²) in [5, 5.41) is 2.70. The number of rotatable bonds is 8. The Balaban J connectivity index is 1.66. The molecule has 1 amide bonds. The minimum absolute atomic E-state index is 0.0305. The summed E-state index contributed by atoms with van der Waals surface area (Å²) >= 11 is 12.1. The zero-order valence-corrected chi connectivity index (χ0v) is 16.6. The second-order valence-electron chi connectivity index (χ2n) is 6.08. The number of benzene rings is 2. The molecule has 2 N–H and O–H groups in total. The van der Waals surface area contributed by atoms with Crippen molar-refractivity contribution in [3.05, 3.63) is 58.1 Å². The number of ether oxygens (including phenoxy) is 1. The summed E-state index contributed by atoms with van der Waals surface area (Å²) in [5.74, 6) is 0.187. The predicted molar refractivity (Wildman–Crippen MR) is 104 cm³/mol. The van der Waals surface area contributed by atoms with E-state index in [0.29, 0.717) is 5.75 Å². The van der Waals surface area contributed by atoms with E-state index >= 15 is 0 Å². The molecule has 2 aromatic carbocycles. The van der Waals surface area contributed by atoms with Crippen molar-refractivity contribution in [2.24, 2.45) is 0 Å².